The normalized spacial score (nSPS) is 11.0. The van der Waals surface area contributed by atoms with Crippen LogP contribution in [0.1, 0.15) is 5.69 Å². The number of halogens is 1. The molecule has 5 nitrogen and oxygen atoms in total. The third-order valence-corrected chi connectivity index (χ3v) is 2.87. The summed E-state index contributed by atoms with van der Waals surface area (Å²) in [7, 11) is 1.89. The topological polar surface area (TPSA) is 47.2 Å². The van der Waals surface area contributed by atoms with E-state index in [1.165, 1.54) is 0 Å². The molecule has 0 aliphatic heterocycles. The molecule has 0 amide bonds. The minimum Gasteiger partial charge on any atom is -0.377 e. The predicted molar refractivity (Wildman–Crippen MR) is 70.7 cm³/mol. The molecule has 0 atom stereocenters. The Morgan fingerprint density at radius 3 is 2.94 bits per heavy atom. The van der Waals surface area contributed by atoms with E-state index in [0.717, 1.165) is 17.0 Å². The molecule has 6 heteroatoms. The lowest BCUT2D eigenvalue weighted by atomic mass is 10.4. The third-order valence-electron chi connectivity index (χ3n) is 2.64. The van der Waals surface area contributed by atoms with Crippen molar-refractivity contribution in [1.82, 2.24) is 19.2 Å². The maximum absolute atomic E-state index is 5.93. The molecule has 0 bridgehead atoms. The lowest BCUT2D eigenvalue weighted by molar-refractivity contribution is 0.768. The highest BCUT2D eigenvalue weighted by Gasteiger charge is 2.02. The molecule has 0 aromatic carbocycles. The van der Waals surface area contributed by atoms with Crippen LogP contribution in [-0.2, 0) is 13.6 Å². The van der Waals surface area contributed by atoms with Crippen molar-refractivity contribution < 1.29 is 0 Å². The molecule has 0 radical (unpaired) electrons. The largest absolute Gasteiger partial charge is 0.377 e. The van der Waals surface area contributed by atoms with Gasteiger partial charge in [-0.3, -0.25) is 4.68 Å². The number of aromatic nitrogens is 4. The molecule has 0 saturated heterocycles. The highest BCUT2D eigenvalue weighted by molar-refractivity contribution is 6.30. The minimum atomic E-state index is 0.658. The first kappa shape index (κ1) is 11.1. The van der Waals surface area contributed by atoms with Crippen LogP contribution in [-0.4, -0.2) is 19.2 Å². The summed E-state index contributed by atoms with van der Waals surface area (Å²) in [6.45, 7) is 0.658. The molecule has 3 aromatic heterocycles. The van der Waals surface area contributed by atoms with Crippen molar-refractivity contribution in [3.8, 4) is 0 Å². The SMILES string of the molecule is Cn1cc(NCc2cn3cc(Cl)ccc3n2)cn1. The molecule has 18 heavy (non-hydrogen) atoms. The van der Waals surface area contributed by atoms with Crippen molar-refractivity contribution in [2.75, 3.05) is 5.32 Å². The van der Waals surface area contributed by atoms with E-state index in [0.29, 0.717) is 11.6 Å². The molecule has 3 heterocycles. The van der Waals surface area contributed by atoms with Gasteiger partial charge in [0, 0.05) is 25.6 Å². The zero-order chi connectivity index (χ0) is 12.5. The Morgan fingerprint density at radius 1 is 1.28 bits per heavy atom. The second-order valence-corrected chi connectivity index (χ2v) is 4.54. The van der Waals surface area contributed by atoms with Gasteiger partial charge in [0.2, 0.25) is 0 Å². The first-order valence-electron chi connectivity index (χ1n) is 5.56. The number of anilines is 1. The molecule has 3 aromatic rings. The number of pyridine rings is 1. The van der Waals surface area contributed by atoms with Crippen molar-refractivity contribution >= 4 is 22.9 Å². The number of rotatable bonds is 3. The van der Waals surface area contributed by atoms with Crippen molar-refractivity contribution in [2.45, 2.75) is 6.54 Å². The monoisotopic (exact) mass is 261 g/mol. The molecular weight excluding hydrogens is 250 g/mol. The molecule has 0 unspecified atom stereocenters. The Labute approximate surface area is 109 Å². The second kappa shape index (κ2) is 4.34. The van der Waals surface area contributed by atoms with E-state index >= 15 is 0 Å². The molecule has 0 aliphatic carbocycles. The van der Waals surface area contributed by atoms with Crippen molar-refractivity contribution in [2.24, 2.45) is 7.05 Å². The summed E-state index contributed by atoms with van der Waals surface area (Å²) >= 11 is 5.93. The Kier molecular flexibility index (Phi) is 2.68. The number of hydrogen-bond donors (Lipinski definition) is 1. The van der Waals surface area contributed by atoms with Crippen LogP contribution in [0.4, 0.5) is 5.69 Å². The molecular formula is C12H12ClN5. The van der Waals surface area contributed by atoms with E-state index in [-0.39, 0.29) is 0 Å². The number of imidazole rings is 1. The summed E-state index contributed by atoms with van der Waals surface area (Å²) in [4.78, 5) is 4.49. The summed E-state index contributed by atoms with van der Waals surface area (Å²) < 4.78 is 3.67. The Bertz CT molecular complexity index is 685. The van der Waals surface area contributed by atoms with Gasteiger partial charge in [0.05, 0.1) is 29.1 Å². The maximum Gasteiger partial charge on any atom is 0.137 e. The van der Waals surface area contributed by atoms with Gasteiger partial charge in [0.15, 0.2) is 0 Å². The summed E-state index contributed by atoms with van der Waals surface area (Å²) in [5.41, 5.74) is 2.83. The summed E-state index contributed by atoms with van der Waals surface area (Å²) in [5.74, 6) is 0. The Morgan fingerprint density at radius 2 is 2.17 bits per heavy atom. The zero-order valence-electron chi connectivity index (χ0n) is 9.84. The van der Waals surface area contributed by atoms with Gasteiger partial charge in [-0.15, -0.1) is 0 Å². The quantitative estimate of drug-likeness (QED) is 0.787. The van der Waals surface area contributed by atoms with E-state index in [9.17, 15) is 0 Å². The number of hydrogen-bond acceptors (Lipinski definition) is 3. The van der Waals surface area contributed by atoms with Crippen LogP contribution in [0.2, 0.25) is 5.02 Å². The van der Waals surface area contributed by atoms with Crippen LogP contribution in [0, 0.1) is 0 Å². The fourth-order valence-electron chi connectivity index (χ4n) is 1.81. The third kappa shape index (κ3) is 2.17. The fourth-order valence-corrected chi connectivity index (χ4v) is 1.98. The van der Waals surface area contributed by atoms with Gasteiger partial charge in [0.25, 0.3) is 0 Å². The number of aryl methyl sites for hydroxylation is 1. The smallest absolute Gasteiger partial charge is 0.137 e. The molecule has 0 spiro atoms. The van der Waals surface area contributed by atoms with Crippen LogP contribution in [0.5, 0.6) is 0 Å². The van der Waals surface area contributed by atoms with Gasteiger partial charge in [0.1, 0.15) is 5.65 Å². The van der Waals surface area contributed by atoms with Gasteiger partial charge in [-0.2, -0.15) is 5.10 Å². The highest BCUT2D eigenvalue weighted by Crippen LogP contribution is 2.13. The predicted octanol–water partition coefficient (Wildman–Crippen LogP) is 2.33. The Hall–Kier alpha value is -2.01. The van der Waals surface area contributed by atoms with Crippen molar-refractivity contribution in [1.29, 1.82) is 0 Å². The highest BCUT2D eigenvalue weighted by atomic mass is 35.5. The summed E-state index contributed by atoms with van der Waals surface area (Å²) in [6, 6.07) is 3.73. The molecule has 3 rings (SSSR count). The number of nitrogens with zero attached hydrogens (tertiary/aromatic N) is 4. The lowest BCUT2D eigenvalue weighted by Crippen LogP contribution is -1.98. The van der Waals surface area contributed by atoms with Crippen LogP contribution < -0.4 is 5.32 Å². The van der Waals surface area contributed by atoms with Crippen LogP contribution in [0.15, 0.2) is 36.9 Å². The van der Waals surface area contributed by atoms with E-state index in [1.807, 2.05) is 42.2 Å². The number of fused-ring (bicyclic) bond motifs is 1. The van der Waals surface area contributed by atoms with Gasteiger partial charge in [-0.1, -0.05) is 11.6 Å². The fraction of sp³-hybridized carbons (Fsp3) is 0.167. The van der Waals surface area contributed by atoms with Gasteiger partial charge < -0.3 is 9.72 Å². The number of nitrogens with one attached hydrogen (secondary N) is 1. The maximum atomic E-state index is 5.93. The summed E-state index contributed by atoms with van der Waals surface area (Å²) in [5, 5.41) is 8.06. The van der Waals surface area contributed by atoms with E-state index in [2.05, 4.69) is 15.4 Å². The zero-order valence-corrected chi connectivity index (χ0v) is 10.6. The van der Waals surface area contributed by atoms with Crippen LogP contribution in [0.3, 0.4) is 0 Å². The van der Waals surface area contributed by atoms with Crippen molar-refractivity contribution in [3.05, 3.63) is 47.6 Å². The van der Waals surface area contributed by atoms with Gasteiger partial charge in [-0.05, 0) is 12.1 Å². The average molecular weight is 262 g/mol. The average Bonchev–Trinajstić information content (AvgIpc) is 2.92. The molecule has 92 valence electrons. The van der Waals surface area contributed by atoms with E-state index < -0.39 is 0 Å². The summed E-state index contributed by atoms with van der Waals surface area (Å²) in [6.07, 6.45) is 7.52. The molecule has 0 saturated carbocycles. The van der Waals surface area contributed by atoms with Gasteiger partial charge in [-0.25, -0.2) is 4.98 Å². The van der Waals surface area contributed by atoms with E-state index in [4.69, 9.17) is 11.6 Å². The molecule has 0 fully saturated rings. The first-order valence-corrected chi connectivity index (χ1v) is 5.94. The van der Waals surface area contributed by atoms with Crippen molar-refractivity contribution in [3.63, 3.8) is 0 Å². The lowest BCUT2D eigenvalue weighted by Gasteiger charge is -1.98. The van der Waals surface area contributed by atoms with Crippen LogP contribution in [0.25, 0.3) is 5.65 Å². The second-order valence-electron chi connectivity index (χ2n) is 4.10. The Balaban J connectivity index is 1.78. The molecule has 1 N–H and O–H groups in total. The first-order chi connectivity index (χ1) is 8.70. The minimum absolute atomic E-state index is 0.658. The van der Waals surface area contributed by atoms with Crippen LogP contribution >= 0.6 is 11.6 Å². The molecule has 0 aliphatic rings. The standard InChI is InChI=1S/C12H12ClN5/c1-17-7-10(5-15-17)14-4-11-8-18-6-9(13)2-3-12(18)16-11/h2-3,5-8,14H,4H2,1H3. The van der Waals surface area contributed by atoms with E-state index in [1.54, 1.807) is 10.9 Å². The van der Waals surface area contributed by atoms with Gasteiger partial charge >= 0.3 is 0 Å².